The number of rotatable bonds is 8. The lowest BCUT2D eigenvalue weighted by Crippen LogP contribution is -2.49. The number of amides is 1. The van der Waals surface area contributed by atoms with Gasteiger partial charge in [0.05, 0.1) is 20.6 Å². The summed E-state index contributed by atoms with van der Waals surface area (Å²) in [6.45, 7) is 6.81. The van der Waals surface area contributed by atoms with Gasteiger partial charge in [0.25, 0.3) is 0 Å². The standard InChI is InChI=1S/C23H30N2O4/c1-18-6-4-5-7-20(18)29-15-14-24-10-12-25(13-11-24)23(26)17-19-8-9-21(27-2)22(16-19)28-3/h4-9,16H,10-15,17H2,1-3H3. The third kappa shape index (κ3) is 5.64. The van der Waals surface area contributed by atoms with Crippen molar-refractivity contribution in [2.75, 3.05) is 53.6 Å². The predicted molar refractivity (Wildman–Crippen MR) is 113 cm³/mol. The van der Waals surface area contributed by atoms with E-state index >= 15 is 0 Å². The molecule has 2 aromatic carbocycles. The second kappa shape index (κ2) is 10.2. The van der Waals surface area contributed by atoms with E-state index in [9.17, 15) is 4.79 Å². The van der Waals surface area contributed by atoms with Crippen molar-refractivity contribution in [2.45, 2.75) is 13.3 Å². The highest BCUT2D eigenvalue weighted by Crippen LogP contribution is 2.28. The Balaban J connectivity index is 1.43. The number of benzene rings is 2. The zero-order chi connectivity index (χ0) is 20.6. The lowest BCUT2D eigenvalue weighted by Gasteiger charge is -2.34. The van der Waals surface area contributed by atoms with E-state index in [0.717, 1.165) is 49.6 Å². The molecule has 0 spiro atoms. The van der Waals surface area contributed by atoms with Gasteiger partial charge in [-0.3, -0.25) is 9.69 Å². The van der Waals surface area contributed by atoms with Crippen molar-refractivity contribution in [3.05, 3.63) is 53.6 Å². The number of hydrogen-bond acceptors (Lipinski definition) is 5. The second-order valence-electron chi connectivity index (χ2n) is 7.20. The molecule has 1 aliphatic rings. The van der Waals surface area contributed by atoms with Gasteiger partial charge in [0.2, 0.25) is 5.91 Å². The maximum absolute atomic E-state index is 12.7. The molecular weight excluding hydrogens is 368 g/mol. The fourth-order valence-electron chi connectivity index (χ4n) is 3.50. The summed E-state index contributed by atoms with van der Waals surface area (Å²) in [5.41, 5.74) is 2.08. The average Bonchev–Trinajstić information content (AvgIpc) is 2.75. The first kappa shape index (κ1) is 21.0. The van der Waals surface area contributed by atoms with Crippen LogP contribution in [0.4, 0.5) is 0 Å². The highest BCUT2D eigenvalue weighted by atomic mass is 16.5. The molecule has 0 bridgehead atoms. The van der Waals surface area contributed by atoms with Crippen molar-refractivity contribution >= 4 is 5.91 Å². The monoisotopic (exact) mass is 398 g/mol. The molecule has 3 rings (SSSR count). The van der Waals surface area contributed by atoms with Crippen molar-refractivity contribution in [2.24, 2.45) is 0 Å². The number of aryl methyl sites for hydroxylation is 1. The summed E-state index contributed by atoms with van der Waals surface area (Å²) >= 11 is 0. The Morgan fingerprint density at radius 1 is 0.931 bits per heavy atom. The molecule has 0 N–H and O–H groups in total. The van der Waals surface area contributed by atoms with Crippen LogP contribution < -0.4 is 14.2 Å². The second-order valence-corrected chi connectivity index (χ2v) is 7.20. The summed E-state index contributed by atoms with van der Waals surface area (Å²) < 4.78 is 16.5. The van der Waals surface area contributed by atoms with Crippen LogP contribution in [0.2, 0.25) is 0 Å². The van der Waals surface area contributed by atoms with E-state index in [1.807, 2.05) is 41.3 Å². The summed E-state index contributed by atoms with van der Waals surface area (Å²) in [4.78, 5) is 17.0. The summed E-state index contributed by atoms with van der Waals surface area (Å²) in [5, 5.41) is 0. The maximum atomic E-state index is 12.7. The minimum absolute atomic E-state index is 0.146. The van der Waals surface area contributed by atoms with Gasteiger partial charge in [0.1, 0.15) is 12.4 Å². The highest BCUT2D eigenvalue weighted by molar-refractivity contribution is 5.79. The Hall–Kier alpha value is -2.73. The third-order valence-corrected chi connectivity index (χ3v) is 5.29. The number of carbonyl (C=O) groups is 1. The maximum Gasteiger partial charge on any atom is 0.227 e. The van der Waals surface area contributed by atoms with E-state index < -0.39 is 0 Å². The number of para-hydroxylation sites is 1. The summed E-state index contributed by atoms with van der Waals surface area (Å²) in [5.74, 6) is 2.41. The number of piperazine rings is 1. The van der Waals surface area contributed by atoms with Crippen molar-refractivity contribution < 1.29 is 19.0 Å². The van der Waals surface area contributed by atoms with Crippen molar-refractivity contribution in [3.63, 3.8) is 0 Å². The molecule has 1 fully saturated rings. The topological polar surface area (TPSA) is 51.2 Å². The van der Waals surface area contributed by atoms with Crippen LogP contribution >= 0.6 is 0 Å². The van der Waals surface area contributed by atoms with Gasteiger partial charge in [-0.1, -0.05) is 24.3 Å². The van der Waals surface area contributed by atoms with Gasteiger partial charge in [0.15, 0.2) is 11.5 Å². The molecular formula is C23H30N2O4. The van der Waals surface area contributed by atoms with Crippen LogP contribution in [0.3, 0.4) is 0 Å². The average molecular weight is 399 g/mol. The number of ether oxygens (including phenoxy) is 3. The van der Waals surface area contributed by atoms with Crippen LogP contribution in [0.5, 0.6) is 17.2 Å². The molecule has 0 atom stereocenters. The molecule has 29 heavy (non-hydrogen) atoms. The first-order chi connectivity index (χ1) is 14.1. The molecule has 0 radical (unpaired) electrons. The Labute approximate surface area is 173 Å². The normalized spacial score (nSPS) is 14.5. The molecule has 6 heteroatoms. The zero-order valence-corrected chi connectivity index (χ0v) is 17.5. The molecule has 1 saturated heterocycles. The van der Waals surface area contributed by atoms with E-state index in [0.29, 0.717) is 24.5 Å². The molecule has 1 amide bonds. The molecule has 0 unspecified atom stereocenters. The lowest BCUT2D eigenvalue weighted by atomic mass is 10.1. The van der Waals surface area contributed by atoms with E-state index in [4.69, 9.17) is 14.2 Å². The summed E-state index contributed by atoms with van der Waals surface area (Å²) in [6, 6.07) is 13.7. The summed E-state index contributed by atoms with van der Waals surface area (Å²) in [6.07, 6.45) is 0.372. The van der Waals surface area contributed by atoms with Crippen LogP contribution in [0.25, 0.3) is 0 Å². The Morgan fingerprint density at radius 2 is 1.66 bits per heavy atom. The van der Waals surface area contributed by atoms with Gasteiger partial charge in [-0.2, -0.15) is 0 Å². The lowest BCUT2D eigenvalue weighted by molar-refractivity contribution is -0.132. The largest absolute Gasteiger partial charge is 0.493 e. The number of hydrogen-bond donors (Lipinski definition) is 0. The van der Waals surface area contributed by atoms with Gasteiger partial charge in [-0.25, -0.2) is 0 Å². The van der Waals surface area contributed by atoms with Crippen molar-refractivity contribution in [1.29, 1.82) is 0 Å². The van der Waals surface area contributed by atoms with E-state index in [1.165, 1.54) is 0 Å². The van der Waals surface area contributed by atoms with Gasteiger partial charge < -0.3 is 19.1 Å². The third-order valence-electron chi connectivity index (χ3n) is 5.29. The molecule has 0 aliphatic carbocycles. The van der Waals surface area contributed by atoms with Crippen LogP contribution in [-0.4, -0.2) is 69.3 Å². The van der Waals surface area contributed by atoms with E-state index in [-0.39, 0.29) is 5.91 Å². The fourth-order valence-corrected chi connectivity index (χ4v) is 3.50. The van der Waals surface area contributed by atoms with Gasteiger partial charge in [-0.15, -0.1) is 0 Å². The minimum Gasteiger partial charge on any atom is -0.493 e. The van der Waals surface area contributed by atoms with Gasteiger partial charge >= 0.3 is 0 Å². The summed E-state index contributed by atoms with van der Waals surface area (Å²) in [7, 11) is 3.21. The number of carbonyl (C=O) groups excluding carboxylic acids is 1. The molecule has 2 aromatic rings. The van der Waals surface area contributed by atoms with Crippen molar-refractivity contribution in [3.8, 4) is 17.2 Å². The van der Waals surface area contributed by atoms with E-state index in [1.54, 1.807) is 14.2 Å². The van der Waals surface area contributed by atoms with Crippen LogP contribution in [-0.2, 0) is 11.2 Å². The number of methoxy groups -OCH3 is 2. The minimum atomic E-state index is 0.146. The van der Waals surface area contributed by atoms with Crippen LogP contribution in [0.1, 0.15) is 11.1 Å². The predicted octanol–water partition coefficient (Wildman–Crippen LogP) is 2.78. The van der Waals surface area contributed by atoms with Gasteiger partial charge in [-0.05, 0) is 36.2 Å². The Kier molecular flexibility index (Phi) is 7.36. The van der Waals surface area contributed by atoms with E-state index in [2.05, 4.69) is 17.9 Å². The Morgan fingerprint density at radius 3 is 2.34 bits per heavy atom. The van der Waals surface area contributed by atoms with Crippen LogP contribution in [0.15, 0.2) is 42.5 Å². The molecule has 1 heterocycles. The molecule has 6 nitrogen and oxygen atoms in total. The SMILES string of the molecule is COc1ccc(CC(=O)N2CCN(CCOc3ccccc3C)CC2)cc1OC. The highest BCUT2D eigenvalue weighted by Gasteiger charge is 2.21. The molecule has 156 valence electrons. The fraction of sp³-hybridized carbons (Fsp3) is 0.435. The molecule has 1 aliphatic heterocycles. The smallest absolute Gasteiger partial charge is 0.227 e. The quantitative estimate of drug-likeness (QED) is 0.684. The first-order valence-electron chi connectivity index (χ1n) is 10.00. The van der Waals surface area contributed by atoms with Gasteiger partial charge in [0, 0.05) is 32.7 Å². The zero-order valence-electron chi connectivity index (χ0n) is 17.5. The van der Waals surface area contributed by atoms with Crippen LogP contribution in [0, 0.1) is 6.92 Å². The molecule has 0 aromatic heterocycles. The van der Waals surface area contributed by atoms with Crippen molar-refractivity contribution in [1.82, 2.24) is 9.80 Å². The number of nitrogens with zero attached hydrogens (tertiary/aromatic N) is 2. The Bertz CT molecular complexity index is 816. The first-order valence-corrected chi connectivity index (χ1v) is 10.00. The molecule has 0 saturated carbocycles.